The zero-order valence-electron chi connectivity index (χ0n) is 19.3. The van der Waals surface area contributed by atoms with E-state index in [1.54, 1.807) is 8.61 Å². The molecule has 4 fully saturated rings. The fraction of sp³-hybridized carbons (Fsp3) is 1.00. The van der Waals surface area contributed by atoms with Crippen molar-refractivity contribution in [1.82, 2.24) is 18.1 Å². The lowest BCUT2D eigenvalue weighted by atomic mass is 9.74. The third-order valence-corrected chi connectivity index (χ3v) is 10.7. The summed E-state index contributed by atoms with van der Waals surface area (Å²) in [6.07, 6.45) is 3.97. The number of piperidine rings is 2. The van der Waals surface area contributed by atoms with Gasteiger partial charge in [0.05, 0.1) is 0 Å². The number of nitrogens with zero attached hydrogens (tertiary/aromatic N) is 2. The molecule has 0 radical (unpaired) electrons. The van der Waals surface area contributed by atoms with E-state index in [1.165, 1.54) is 0 Å². The van der Waals surface area contributed by atoms with Crippen LogP contribution in [0.3, 0.4) is 0 Å². The zero-order valence-corrected chi connectivity index (χ0v) is 20.9. The third-order valence-electron chi connectivity index (χ3n) is 7.39. The number of nitrogens with one attached hydrogen (secondary N) is 2. The Labute approximate surface area is 183 Å². The van der Waals surface area contributed by atoms with Crippen LogP contribution in [0.4, 0.5) is 0 Å². The average Bonchev–Trinajstić information content (AvgIpc) is 3.10. The standard InChI is InChI=1S/2C10H20N2O2S/c2*1-10(2,3)8-4-5-12-9(6-8)7-11-15(12,13)14/h2*8-9,11H,4-7H2,1-3H3. The van der Waals surface area contributed by atoms with Crippen molar-refractivity contribution < 1.29 is 16.8 Å². The smallest absolute Gasteiger partial charge is 0.200 e. The van der Waals surface area contributed by atoms with E-state index in [4.69, 9.17) is 0 Å². The van der Waals surface area contributed by atoms with Gasteiger partial charge in [-0.25, -0.2) is 9.44 Å². The molecule has 0 amide bonds. The first kappa shape index (κ1) is 24.4. The summed E-state index contributed by atoms with van der Waals surface area (Å²) in [7, 11) is -6.27. The first-order valence-electron chi connectivity index (χ1n) is 11.1. The van der Waals surface area contributed by atoms with E-state index in [-0.39, 0.29) is 12.1 Å². The molecule has 0 spiro atoms. The van der Waals surface area contributed by atoms with Crippen molar-refractivity contribution in [2.75, 3.05) is 26.2 Å². The molecular formula is C20H40N4O4S2. The van der Waals surface area contributed by atoms with Gasteiger partial charge in [-0.05, 0) is 48.3 Å². The number of hydrogen-bond donors (Lipinski definition) is 2. The van der Waals surface area contributed by atoms with Crippen LogP contribution < -0.4 is 9.44 Å². The maximum atomic E-state index is 11.6. The van der Waals surface area contributed by atoms with E-state index in [9.17, 15) is 16.8 Å². The first-order valence-corrected chi connectivity index (χ1v) is 14.0. The van der Waals surface area contributed by atoms with Gasteiger partial charge in [-0.1, -0.05) is 41.5 Å². The molecule has 0 aromatic rings. The highest BCUT2D eigenvalue weighted by molar-refractivity contribution is 7.87. The molecule has 30 heavy (non-hydrogen) atoms. The molecule has 4 aliphatic rings. The molecule has 4 aliphatic heterocycles. The molecule has 0 aliphatic carbocycles. The number of rotatable bonds is 0. The minimum atomic E-state index is -3.13. The van der Waals surface area contributed by atoms with Crippen LogP contribution in [-0.2, 0) is 20.4 Å². The predicted octanol–water partition coefficient (Wildman–Crippen LogP) is 1.92. The first-order chi connectivity index (χ1) is 13.6. The SMILES string of the molecule is CC(C)(C)C1CCN2C(CNS2(=O)=O)C1.CC(C)(C)C1CCN2C(CNS2(=O)=O)C1. The Bertz CT molecular complexity index is 760. The van der Waals surface area contributed by atoms with Gasteiger partial charge in [0, 0.05) is 38.3 Å². The molecule has 0 bridgehead atoms. The van der Waals surface area contributed by atoms with Gasteiger partial charge in [0.2, 0.25) is 0 Å². The van der Waals surface area contributed by atoms with Crippen molar-refractivity contribution in [3.63, 3.8) is 0 Å². The molecule has 2 N–H and O–H groups in total. The minimum absolute atomic E-state index is 0.188. The summed E-state index contributed by atoms with van der Waals surface area (Å²) in [5, 5.41) is 0. The Morgan fingerprint density at radius 1 is 0.667 bits per heavy atom. The van der Waals surface area contributed by atoms with Crippen LogP contribution in [0.15, 0.2) is 0 Å². The summed E-state index contributed by atoms with van der Waals surface area (Å²) in [4.78, 5) is 0. The maximum absolute atomic E-state index is 11.6. The van der Waals surface area contributed by atoms with Crippen molar-refractivity contribution in [3.05, 3.63) is 0 Å². The Hall–Kier alpha value is -0.260. The molecule has 0 aromatic heterocycles. The van der Waals surface area contributed by atoms with Crippen LogP contribution in [0.1, 0.15) is 67.2 Å². The van der Waals surface area contributed by atoms with E-state index in [0.717, 1.165) is 25.7 Å². The van der Waals surface area contributed by atoms with Crippen LogP contribution in [0.2, 0.25) is 0 Å². The van der Waals surface area contributed by atoms with Crippen LogP contribution in [-0.4, -0.2) is 63.7 Å². The molecule has 176 valence electrons. The van der Waals surface area contributed by atoms with Gasteiger partial charge in [-0.15, -0.1) is 0 Å². The molecule has 10 heteroatoms. The fourth-order valence-electron chi connectivity index (χ4n) is 5.20. The number of hydrogen-bond acceptors (Lipinski definition) is 4. The topological polar surface area (TPSA) is 98.8 Å². The van der Waals surface area contributed by atoms with Crippen molar-refractivity contribution in [3.8, 4) is 0 Å². The fourth-order valence-corrected chi connectivity index (χ4v) is 8.14. The largest absolute Gasteiger partial charge is 0.279 e. The molecule has 0 aromatic carbocycles. The molecule has 4 unspecified atom stereocenters. The Morgan fingerprint density at radius 3 is 1.30 bits per heavy atom. The van der Waals surface area contributed by atoms with E-state index < -0.39 is 20.4 Å². The van der Waals surface area contributed by atoms with Crippen LogP contribution >= 0.6 is 0 Å². The summed E-state index contributed by atoms with van der Waals surface area (Å²) in [5.41, 5.74) is 0.580. The summed E-state index contributed by atoms with van der Waals surface area (Å²) < 4.78 is 54.8. The van der Waals surface area contributed by atoms with Crippen LogP contribution in [0.5, 0.6) is 0 Å². The van der Waals surface area contributed by atoms with Crippen LogP contribution in [0, 0.1) is 22.7 Å². The van der Waals surface area contributed by atoms with Crippen molar-refractivity contribution in [1.29, 1.82) is 0 Å². The second-order valence-electron chi connectivity index (χ2n) is 11.4. The summed E-state index contributed by atoms with van der Waals surface area (Å²) in [6, 6.07) is 0.376. The van der Waals surface area contributed by atoms with E-state index in [0.29, 0.717) is 48.8 Å². The minimum Gasteiger partial charge on any atom is -0.200 e. The Kier molecular flexibility index (Phi) is 6.71. The average molecular weight is 465 g/mol. The zero-order chi connectivity index (χ0) is 22.5. The normalized spacial score (nSPS) is 36.5. The van der Waals surface area contributed by atoms with Gasteiger partial charge in [0.15, 0.2) is 0 Å². The summed E-state index contributed by atoms with van der Waals surface area (Å²) in [5.74, 6) is 1.27. The van der Waals surface area contributed by atoms with Gasteiger partial charge in [-0.2, -0.15) is 25.4 Å². The van der Waals surface area contributed by atoms with Crippen molar-refractivity contribution >= 4 is 20.4 Å². The van der Waals surface area contributed by atoms with E-state index in [1.807, 2.05) is 0 Å². The monoisotopic (exact) mass is 464 g/mol. The highest BCUT2D eigenvalue weighted by Crippen LogP contribution is 2.39. The molecule has 4 heterocycles. The van der Waals surface area contributed by atoms with Gasteiger partial charge >= 0.3 is 0 Å². The maximum Gasteiger partial charge on any atom is 0.279 e. The lowest BCUT2D eigenvalue weighted by Crippen LogP contribution is -2.44. The third kappa shape index (κ3) is 5.20. The predicted molar refractivity (Wildman–Crippen MR) is 119 cm³/mol. The lowest BCUT2D eigenvalue weighted by molar-refractivity contribution is 0.124. The Morgan fingerprint density at radius 2 is 1.00 bits per heavy atom. The molecule has 0 saturated carbocycles. The van der Waals surface area contributed by atoms with Gasteiger partial charge in [0.1, 0.15) is 0 Å². The lowest BCUT2D eigenvalue weighted by Gasteiger charge is -2.39. The molecule has 8 nitrogen and oxygen atoms in total. The molecule has 4 saturated heterocycles. The van der Waals surface area contributed by atoms with Gasteiger partial charge < -0.3 is 0 Å². The molecule has 4 rings (SSSR count). The van der Waals surface area contributed by atoms with Crippen molar-refractivity contribution in [2.24, 2.45) is 22.7 Å². The molecule has 4 atom stereocenters. The molecular weight excluding hydrogens is 424 g/mol. The van der Waals surface area contributed by atoms with Crippen LogP contribution in [0.25, 0.3) is 0 Å². The van der Waals surface area contributed by atoms with Gasteiger partial charge in [0.25, 0.3) is 20.4 Å². The van der Waals surface area contributed by atoms with E-state index in [2.05, 4.69) is 51.0 Å². The second-order valence-corrected chi connectivity index (χ2v) is 14.8. The highest BCUT2D eigenvalue weighted by Gasteiger charge is 2.44. The quantitative estimate of drug-likeness (QED) is 0.572. The van der Waals surface area contributed by atoms with Crippen molar-refractivity contribution in [2.45, 2.75) is 79.3 Å². The summed E-state index contributed by atoms with van der Waals surface area (Å²) in [6.45, 7) is 16.0. The van der Waals surface area contributed by atoms with E-state index >= 15 is 0 Å². The highest BCUT2D eigenvalue weighted by atomic mass is 32.2. The number of fused-ring (bicyclic) bond motifs is 2. The Balaban J connectivity index is 0.000000171. The van der Waals surface area contributed by atoms with Gasteiger partial charge in [-0.3, -0.25) is 0 Å². The summed E-state index contributed by atoms with van der Waals surface area (Å²) >= 11 is 0. The second kappa shape index (κ2) is 8.26.